The fraction of sp³-hybridized carbons (Fsp3) is 0.429. The van der Waals surface area contributed by atoms with Gasteiger partial charge in [-0.1, -0.05) is 18.2 Å². The Balaban J connectivity index is 2.02. The van der Waals surface area contributed by atoms with Crippen LogP contribution in [0.3, 0.4) is 0 Å². The number of anilines is 2. The standard InChI is InChI=1S/C21H28N2/c1-14-7-8-18(9-15(14)2)12-23-20-11-17(4)16(3)10-19(20)22-13-21(23,5)6/h7-11,22H,12-13H2,1-6H3. The second-order valence-electron chi connectivity index (χ2n) is 7.62. The zero-order valence-electron chi connectivity index (χ0n) is 15.2. The molecule has 1 N–H and O–H groups in total. The van der Waals surface area contributed by atoms with Crippen LogP contribution in [0.25, 0.3) is 0 Å². The Morgan fingerprint density at radius 2 is 1.57 bits per heavy atom. The van der Waals surface area contributed by atoms with E-state index in [1.807, 2.05) is 0 Å². The molecule has 2 aromatic rings. The van der Waals surface area contributed by atoms with E-state index in [9.17, 15) is 0 Å². The van der Waals surface area contributed by atoms with Crippen LogP contribution in [0.1, 0.15) is 41.7 Å². The van der Waals surface area contributed by atoms with Gasteiger partial charge in [-0.25, -0.2) is 0 Å². The molecule has 0 amide bonds. The van der Waals surface area contributed by atoms with E-state index < -0.39 is 0 Å². The van der Waals surface area contributed by atoms with Crippen molar-refractivity contribution in [3.8, 4) is 0 Å². The van der Waals surface area contributed by atoms with Gasteiger partial charge in [0.15, 0.2) is 0 Å². The SMILES string of the molecule is Cc1ccc(CN2c3cc(C)c(C)cc3NCC2(C)C)cc1C. The first-order valence-electron chi connectivity index (χ1n) is 8.47. The third kappa shape index (κ3) is 2.95. The van der Waals surface area contributed by atoms with E-state index in [2.05, 4.69) is 82.1 Å². The van der Waals surface area contributed by atoms with Crippen LogP contribution in [0.15, 0.2) is 30.3 Å². The minimum atomic E-state index is 0.0908. The lowest BCUT2D eigenvalue weighted by atomic mass is 9.94. The summed E-state index contributed by atoms with van der Waals surface area (Å²) in [6.45, 7) is 15.3. The summed E-state index contributed by atoms with van der Waals surface area (Å²) in [6, 6.07) is 11.4. The van der Waals surface area contributed by atoms with E-state index in [1.165, 1.54) is 39.2 Å². The van der Waals surface area contributed by atoms with Crippen LogP contribution in [-0.4, -0.2) is 12.1 Å². The smallest absolute Gasteiger partial charge is 0.0612 e. The van der Waals surface area contributed by atoms with Gasteiger partial charge >= 0.3 is 0 Å². The molecular weight excluding hydrogens is 280 g/mol. The van der Waals surface area contributed by atoms with Gasteiger partial charge in [-0.2, -0.15) is 0 Å². The van der Waals surface area contributed by atoms with Crippen molar-refractivity contribution in [3.05, 3.63) is 58.1 Å². The lowest BCUT2D eigenvalue weighted by molar-refractivity contribution is 0.469. The van der Waals surface area contributed by atoms with Crippen molar-refractivity contribution in [2.75, 3.05) is 16.8 Å². The third-order valence-corrected chi connectivity index (χ3v) is 5.26. The summed E-state index contributed by atoms with van der Waals surface area (Å²) in [5, 5.41) is 3.62. The monoisotopic (exact) mass is 308 g/mol. The maximum absolute atomic E-state index is 3.62. The zero-order chi connectivity index (χ0) is 16.8. The van der Waals surface area contributed by atoms with Gasteiger partial charge in [0.2, 0.25) is 0 Å². The maximum Gasteiger partial charge on any atom is 0.0612 e. The Labute approximate surface area is 140 Å². The molecular formula is C21H28N2. The van der Waals surface area contributed by atoms with Gasteiger partial charge in [0.25, 0.3) is 0 Å². The minimum Gasteiger partial charge on any atom is -0.381 e. The van der Waals surface area contributed by atoms with Gasteiger partial charge in [-0.15, -0.1) is 0 Å². The van der Waals surface area contributed by atoms with E-state index in [0.29, 0.717) is 0 Å². The molecule has 0 bridgehead atoms. The number of hydrogen-bond acceptors (Lipinski definition) is 2. The molecule has 0 saturated carbocycles. The molecule has 2 heteroatoms. The summed E-state index contributed by atoms with van der Waals surface area (Å²) in [7, 11) is 0. The Morgan fingerprint density at radius 1 is 0.913 bits per heavy atom. The molecule has 1 aliphatic heterocycles. The van der Waals surface area contributed by atoms with Crippen molar-refractivity contribution < 1.29 is 0 Å². The van der Waals surface area contributed by atoms with Crippen LogP contribution >= 0.6 is 0 Å². The summed E-state index contributed by atoms with van der Waals surface area (Å²) >= 11 is 0. The van der Waals surface area contributed by atoms with Crippen molar-refractivity contribution in [2.24, 2.45) is 0 Å². The number of benzene rings is 2. The number of rotatable bonds is 2. The zero-order valence-corrected chi connectivity index (χ0v) is 15.2. The van der Waals surface area contributed by atoms with Crippen LogP contribution in [0.2, 0.25) is 0 Å². The molecule has 0 unspecified atom stereocenters. The van der Waals surface area contributed by atoms with E-state index in [-0.39, 0.29) is 5.54 Å². The first kappa shape index (κ1) is 15.9. The summed E-state index contributed by atoms with van der Waals surface area (Å²) in [6.07, 6.45) is 0. The highest BCUT2D eigenvalue weighted by atomic mass is 15.3. The van der Waals surface area contributed by atoms with E-state index in [0.717, 1.165) is 13.1 Å². The van der Waals surface area contributed by atoms with Gasteiger partial charge in [-0.05, 0) is 81.5 Å². The number of nitrogens with zero attached hydrogens (tertiary/aromatic N) is 1. The van der Waals surface area contributed by atoms with Crippen molar-refractivity contribution in [1.29, 1.82) is 0 Å². The lowest BCUT2D eigenvalue weighted by Gasteiger charge is -2.46. The molecule has 0 saturated heterocycles. The molecule has 0 aromatic heterocycles. The molecule has 1 heterocycles. The summed E-state index contributed by atoms with van der Waals surface area (Å²) < 4.78 is 0. The fourth-order valence-electron chi connectivity index (χ4n) is 3.28. The first-order valence-corrected chi connectivity index (χ1v) is 8.47. The highest BCUT2D eigenvalue weighted by molar-refractivity contribution is 5.75. The average Bonchev–Trinajstić information content (AvgIpc) is 2.48. The normalized spacial score (nSPS) is 16.0. The molecule has 122 valence electrons. The summed E-state index contributed by atoms with van der Waals surface area (Å²) in [4.78, 5) is 2.55. The molecule has 0 radical (unpaired) electrons. The van der Waals surface area contributed by atoms with Crippen molar-refractivity contribution in [2.45, 2.75) is 53.6 Å². The van der Waals surface area contributed by atoms with Crippen LogP contribution in [0.4, 0.5) is 11.4 Å². The Bertz CT molecular complexity index is 744. The van der Waals surface area contributed by atoms with Crippen LogP contribution < -0.4 is 10.2 Å². The predicted molar refractivity (Wildman–Crippen MR) is 101 cm³/mol. The Kier molecular flexibility index (Phi) is 3.87. The fourth-order valence-corrected chi connectivity index (χ4v) is 3.28. The van der Waals surface area contributed by atoms with E-state index >= 15 is 0 Å². The molecule has 3 rings (SSSR count). The number of aryl methyl sites for hydroxylation is 4. The van der Waals surface area contributed by atoms with Crippen LogP contribution in [0.5, 0.6) is 0 Å². The van der Waals surface area contributed by atoms with Gasteiger partial charge in [0.1, 0.15) is 0 Å². The van der Waals surface area contributed by atoms with E-state index in [1.54, 1.807) is 0 Å². The molecule has 1 aliphatic rings. The minimum absolute atomic E-state index is 0.0908. The summed E-state index contributed by atoms with van der Waals surface area (Å²) in [5.74, 6) is 0. The topological polar surface area (TPSA) is 15.3 Å². The molecule has 2 nitrogen and oxygen atoms in total. The average molecular weight is 308 g/mol. The molecule has 0 fully saturated rings. The van der Waals surface area contributed by atoms with Crippen molar-refractivity contribution in [3.63, 3.8) is 0 Å². The van der Waals surface area contributed by atoms with Crippen molar-refractivity contribution >= 4 is 11.4 Å². The van der Waals surface area contributed by atoms with Crippen LogP contribution in [0, 0.1) is 27.7 Å². The highest BCUT2D eigenvalue weighted by Crippen LogP contribution is 2.39. The molecule has 2 aromatic carbocycles. The predicted octanol–water partition coefficient (Wildman–Crippen LogP) is 5.13. The number of nitrogens with one attached hydrogen (secondary N) is 1. The Hall–Kier alpha value is -1.96. The molecule has 23 heavy (non-hydrogen) atoms. The largest absolute Gasteiger partial charge is 0.381 e. The molecule has 0 atom stereocenters. The Morgan fingerprint density at radius 3 is 2.26 bits per heavy atom. The van der Waals surface area contributed by atoms with Crippen molar-refractivity contribution in [1.82, 2.24) is 0 Å². The van der Waals surface area contributed by atoms with Crippen LogP contribution in [-0.2, 0) is 6.54 Å². The van der Waals surface area contributed by atoms with Gasteiger partial charge in [0, 0.05) is 13.1 Å². The number of hydrogen-bond donors (Lipinski definition) is 1. The maximum atomic E-state index is 3.62. The lowest BCUT2D eigenvalue weighted by Crippen LogP contribution is -2.51. The molecule has 0 spiro atoms. The highest BCUT2D eigenvalue weighted by Gasteiger charge is 2.33. The molecule has 0 aliphatic carbocycles. The quantitative estimate of drug-likeness (QED) is 0.827. The summed E-state index contributed by atoms with van der Waals surface area (Å²) in [5.41, 5.74) is 9.49. The second-order valence-corrected chi connectivity index (χ2v) is 7.62. The van der Waals surface area contributed by atoms with Gasteiger partial charge in [0.05, 0.1) is 16.9 Å². The van der Waals surface area contributed by atoms with Gasteiger partial charge in [-0.3, -0.25) is 0 Å². The third-order valence-electron chi connectivity index (χ3n) is 5.26. The second kappa shape index (κ2) is 5.59. The van der Waals surface area contributed by atoms with Gasteiger partial charge < -0.3 is 10.2 Å². The first-order chi connectivity index (χ1) is 10.8. The van der Waals surface area contributed by atoms with E-state index in [4.69, 9.17) is 0 Å². The number of fused-ring (bicyclic) bond motifs is 1.